The summed E-state index contributed by atoms with van der Waals surface area (Å²) in [6.45, 7) is 0.208. The monoisotopic (exact) mass is 302 g/mol. The Morgan fingerprint density at radius 2 is 1.71 bits per heavy atom. The lowest BCUT2D eigenvalue weighted by molar-refractivity contribution is -0.191. The maximum absolute atomic E-state index is 12.9. The molecule has 0 aliphatic carbocycles. The van der Waals surface area contributed by atoms with Crippen LogP contribution >= 0.6 is 0 Å². The number of benzene rings is 1. The van der Waals surface area contributed by atoms with E-state index in [1.54, 1.807) is 17.4 Å². The van der Waals surface area contributed by atoms with Crippen molar-refractivity contribution in [1.29, 1.82) is 0 Å². The number of nitrogens with zero attached hydrogens (tertiary/aromatic N) is 1. The Morgan fingerprint density at radius 3 is 2.14 bits per heavy atom. The average Bonchev–Trinajstić information content (AvgIpc) is 2.64. The van der Waals surface area contributed by atoms with E-state index in [9.17, 15) is 22.8 Å². The van der Waals surface area contributed by atoms with Gasteiger partial charge >= 0.3 is 12.2 Å². The fraction of sp³-hybridized carbons (Fsp3) is 0.385. The lowest BCUT2D eigenvalue weighted by Crippen LogP contribution is -2.56. The van der Waals surface area contributed by atoms with E-state index in [1.165, 1.54) is 12.1 Å². The van der Waals surface area contributed by atoms with Gasteiger partial charge in [0.25, 0.3) is 5.91 Å². The zero-order valence-corrected chi connectivity index (χ0v) is 11.1. The van der Waals surface area contributed by atoms with E-state index in [-0.39, 0.29) is 13.2 Å². The van der Waals surface area contributed by atoms with Crippen molar-refractivity contribution in [2.24, 2.45) is 0 Å². The first-order valence-electron chi connectivity index (χ1n) is 6.08. The van der Waals surface area contributed by atoms with Crippen LogP contribution in [0.1, 0.15) is 18.1 Å². The SMILES string of the molecule is CC1(C(F)(F)F)NC(=O)N(Cc2ccc(CO)cc2)C1=O. The molecule has 5 nitrogen and oxygen atoms in total. The van der Waals surface area contributed by atoms with Gasteiger partial charge in [-0.05, 0) is 18.1 Å². The number of halogens is 3. The molecule has 1 aromatic rings. The van der Waals surface area contributed by atoms with E-state index >= 15 is 0 Å². The van der Waals surface area contributed by atoms with Gasteiger partial charge < -0.3 is 10.4 Å². The minimum Gasteiger partial charge on any atom is -0.392 e. The van der Waals surface area contributed by atoms with E-state index in [0.29, 0.717) is 23.0 Å². The normalized spacial score (nSPS) is 22.6. The van der Waals surface area contributed by atoms with Crippen molar-refractivity contribution in [3.8, 4) is 0 Å². The van der Waals surface area contributed by atoms with E-state index in [0.717, 1.165) is 0 Å². The zero-order chi connectivity index (χ0) is 15.8. The topological polar surface area (TPSA) is 69.6 Å². The molecular weight excluding hydrogens is 289 g/mol. The fourth-order valence-electron chi connectivity index (χ4n) is 1.97. The van der Waals surface area contributed by atoms with Crippen molar-refractivity contribution in [2.45, 2.75) is 31.8 Å². The molecule has 1 saturated heterocycles. The van der Waals surface area contributed by atoms with Crippen LogP contribution in [-0.2, 0) is 17.9 Å². The standard InChI is InChI=1S/C13H13F3N2O3/c1-12(13(14,15)16)10(20)18(11(21)17-12)6-8-2-4-9(7-19)5-3-8/h2-5,19H,6-7H2,1H3,(H,17,21). The fourth-order valence-corrected chi connectivity index (χ4v) is 1.97. The molecule has 3 amide bonds. The van der Waals surface area contributed by atoms with Crippen molar-refractivity contribution >= 4 is 11.9 Å². The Bertz CT molecular complexity index is 571. The van der Waals surface area contributed by atoms with Crippen LogP contribution in [0.2, 0.25) is 0 Å². The van der Waals surface area contributed by atoms with Gasteiger partial charge in [-0.2, -0.15) is 13.2 Å². The quantitative estimate of drug-likeness (QED) is 0.832. The number of rotatable bonds is 3. The summed E-state index contributed by atoms with van der Waals surface area (Å²) in [5, 5.41) is 10.6. The molecule has 1 unspecified atom stereocenters. The van der Waals surface area contributed by atoms with Gasteiger partial charge in [-0.1, -0.05) is 24.3 Å². The average molecular weight is 302 g/mol. The second kappa shape index (κ2) is 5.03. The smallest absolute Gasteiger partial charge is 0.392 e. The minimum atomic E-state index is -4.87. The first-order valence-corrected chi connectivity index (χ1v) is 6.08. The van der Waals surface area contributed by atoms with E-state index in [2.05, 4.69) is 0 Å². The molecule has 1 fully saturated rings. The van der Waals surface area contributed by atoms with Crippen molar-refractivity contribution in [3.05, 3.63) is 35.4 Å². The summed E-state index contributed by atoms with van der Waals surface area (Å²) >= 11 is 0. The predicted molar refractivity (Wildman–Crippen MR) is 65.9 cm³/mol. The lowest BCUT2D eigenvalue weighted by Gasteiger charge is -2.24. The second-order valence-corrected chi connectivity index (χ2v) is 4.92. The predicted octanol–water partition coefficient (Wildman–Crippen LogP) is 1.55. The van der Waals surface area contributed by atoms with E-state index in [4.69, 9.17) is 5.11 Å². The summed E-state index contributed by atoms with van der Waals surface area (Å²) in [7, 11) is 0. The van der Waals surface area contributed by atoms with Gasteiger partial charge in [0.2, 0.25) is 5.54 Å². The highest BCUT2D eigenvalue weighted by atomic mass is 19.4. The molecule has 2 rings (SSSR count). The number of aliphatic hydroxyl groups is 1. The van der Waals surface area contributed by atoms with Crippen LogP contribution in [0.3, 0.4) is 0 Å². The Kier molecular flexibility index (Phi) is 3.66. The molecular formula is C13H13F3N2O3. The first-order chi connectivity index (χ1) is 9.69. The Balaban J connectivity index is 2.21. The van der Waals surface area contributed by atoms with Gasteiger partial charge in [-0.25, -0.2) is 4.79 Å². The second-order valence-electron chi connectivity index (χ2n) is 4.92. The molecule has 1 atom stereocenters. The highest BCUT2D eigenvalue weighted by Gasteiger charge is 2.64. The maximum Gasteiger partial charge on any atom is 0.420 e. The number of urea groups is 1. The van der Waals surface area contributed by atoms with Crippen molar-refractivity contribution < 1.29 is 27.9 Å². The first kappa shape index (κ1) is 15.3. The summed E-state index contributed by atoms with van der Waals surface area (Å²) in [5.41, 5.74) is -1.78. The number of carbonyl (C=O) groups is 2. The summed E-state index contributed by atoms with van der Waals surface area (Å²) < 4.78 is 38.7. The minimum absolute atomic E-state index is 0.171. The van der Waals surface area contributed by atoms with Gasteiger partial charge in [-0.3, -0.25) is 9.69 Å². The van der Waals surface area contributed by atoms with Gasteiger partial charge in [0, 0.05) is 0 Å². The number of hydrogen-bond donors (Lipinski definition) is 2. The third-order valence-corrected chi connectivity index (χ3v) is 3.39. The van der Waals surface area contributed by atoms with E-state index in [1.807, 2.05) is 0 Å². The highest BCUT2D eigenvalue weighted by Crippen LogP contribution is 2.35. The molecule has 1 heterocycles. The van der Waals surface area contributed by atoms with Crippen molar-refractivity contribution in [1.82, 2.24) is 10.2 Å². The molecule has 1 aromatic carbocycles. The number of amides is 3. The summed E-state index contributed by atoms with van der Waals surface area (Å²) in [6.07, 6.45) is -4.87. The summed E-state index contributed by atoms with van der Waals surface area (Å²) in [5.74, 6) is -1.33. The zero-order valence-electron chi connectivity index (χ0n) is 11.1. The van der Waals surface area contributed by atoms with Crippen molar-refractivity contribution in [2.75, 3.05) is 0 Å². The molecule has 0 radical (unpaired) electrons. The number of nitrogens with one attached hydrogen (secondary N) is 1. The number of hydrogen-bond acceptors (Lipinski definition) is 3. The number of alkyl halides is 3. The third kappa shape index (κ3) is 2.58. The molecule has 1 aliphatic rings. The van der Waals surface area contributed by atoms with Crippen LogP contribution in [0.5, 0.6) is 0 Å². The Labute approximate surface area is 118 Å². The summed E-state index contributed by atoms with van der Waals surface area (Å²) in [6, 6.07) is 5.13. The number of carbonyl (C=O) groups excluding carboxylic acids is 2. The Morgan fingerprint density at radius 1 is 1.19 bits per heavy atom. The van der Waals surface area contributed by atoms with Gasteiger partial charge in [0.1, 0.15) is 0 Å². The van der Waals surface area contributed by atoms with E-state index < -0.39 is 23.7 Å². The third-order valence-electron chi connectivity index (χ3n) is 3.39. The molecule has 21 heavy (non-hydrogen) atoms. The largest absolute Gasteiger partial charge is 0.420 e. The maximum atomic E-state index is 12.9. The Hall–Kier alpha value is -2.09. The molecule has 8 heteroatoms. The van der Waals surface area contributed by atoms with Crippen LogP contribution in [0.4, 0.5) is 18.0 Å². The lowest BCUT2D eigenvalue weighted by atomic mass is 10.0. The van der Waals surface area contributed by atoms with Gasteiger partial charge in [0.15, 0.2) is 0 Å². The van der Waals surface area contributed by atoms with Crippen LogP contribution in [0.25, 0.3) is 0 Å². The van der Waals surface area contributed by atoms with Crippen LogP contribution in [0, 0.1) is 0 Å². The highest BCUT2D eigenvalue weighted by molar-refractivity contribution is 6.07. The molecule has 0 saturated carbocycles. The number of aliphatic hydroxyl groups excluding tert-OH is 1. The van der Waals surface area contributed by atoms with Gasteiger partial charge in [0.05, 0.1) is 13.2 Å². The molecule has 0 spiro atoms. The molecule has 2 N–H and O–H groups in total. The van der Waals surface area contributed by atoms with Crippen LogP contribution in [-0.4, -0.2) is 33.7 Å². The van der Waals surface area contributed by atoms with Crippen LogP contribution < -0.4 is 5.32 Å². The molecule has 0 aromatic heterocycles. The van der Waals surface area contributed by atoms with Gasteiger partial charge in [-0.15, -0.1) is 0 Å². The van der Waals surface area contributed by atoms with Crippen molar-refractivity contribution in [3.63, 3.8) is 0 Å². The van der Waals surface area contributed by atoms with Crippen LogP contribution in [0.15, 0.2) is 24.3 Å². The summed E-state index contributed by atoms with van der Waals surface area (Å²) in [4.78, 5) is 24.1. The molecule has 1 aliphatic heterocycles. The number of imide groups is 1. The molecule has 0 bridgehead atoms. The molecule has 114 valence electrons.